The van der Waals surface area contributed by atoms with E-state index in [1.807, 2.05) is 6.07 Å². The fourth-order valence-corrected chi connectivity index (χ4v) is 1.20. The summed E-state index contributed by atoms with van der Waals surface area (Å²) in [6, 6.07) is 7.01. The van der Waals surface area contributed by atoms with Crippen molar-refractivity contribution in [3.63, 3.8) is 0 Å². The SMILES string of the molecule is [O-][n+]1c(CO)cnc2ccccc21. The van der Waals surface area contributed by atoms with E-state index in [1.54, 1.807) is 18.2 Å². The molecule has 1 N–H and O–H groups in total. The Bertz CT molecular complexity index is 443. The molecule has 4 heteroatoms. The lowest BCUT2D eigenvalue weighted by Gasteiger charge is -2.03. The van der Waals surface area contributed by atoms with Crippen molar-refractivity contribution in [2.75, 3.05) is 0 Å². The van der Waals surface area contributed by atoms with E-state index in [2.05, 4.69) is 4.98 Å². The van der Waals surface area contributed by atoms with Gasteiger partial charge in [0.25, 0.3) is 0 Å². The van der Waals surface area contributed by atoms with Gasteiger partial charge >= 0.3 is 0 Å². The van der Waals surface area contributed by atoms with Crippen LogP contribution in [-0.2, 0) is 6.61 Å². The second-order valence-corrected chi connectivity index (χ2v) is 2.69. The number of hydrogen-bond donors (Lipinski definition) is 1. The van der Waals surface area contributed by atoms with Gasteiger partial charge in [0, 0.05) is 6.07 Å². The lowest BCUT2D eigenvalue weighted by Crippen LogP contribution is -2.33. The third kappa shape index (κ3) is 1.21. The molecule has 0 fully saturated rings. The minimum Gasteiger partial charge on any atom is -0.618 e. The zero-order valence-electron chi connectivity index (χ0n) is 6.84. The van der Waals surface area contributed by atoms with Crippen LogP contribution in [0.25, 0.3) is 11.0 Å². The first-order valence-electron chi connectivity index (χ1n) is 3.90. The van der Waals surface area contributed by atoms with E-state index < -0.39 is 0 Å². The zero-order chi connectivity index (χ0) is 9.26. The van der Waals surface area contributed by atoms with Crippen molar-refractivity contribution in [3.05, 3.63) is 41.4 Å². The molecule has 0 saturated carbocycles. The van der Waals surface area contributed by atoms with Gasteiger partial charge in [-0.2, -0.15) is 4.73 Å². The topological polar surface area (TPSA) is 60.1 Å². The number of aliphatic hydroxyl groups is 1. The summed E-state index contributed by atoms with van der Waals surface area (Å²) >= 11 is 0. The van der Waals surface area contributed by atoms with E-state index in [4.69, 9.17) is 5.11 Å². The first-order chi connectivity index (χ1) is 6.33. The second kappa shape index (κ2) is 2.99. The lowest BCUT2D eigenvalue weighted by molar-refractivity contribution is -0.589. The van der Waals surface area contributed by atoms with Crippen molar-refractivity contribution < 1.29 is 9.84 Å². The van der Waals surface area contributed by atoms with E-state index >= 15 is 0 Å². The van der Waals surface area contributed by atoms with Crippen molar-refractivity contribution in [1.29, 1.82) is 0 Å². The van der Waals surface area contributed by atoms with Crippen LogP contribution in [0.5, 0.6) is 0 Å². The molecule has 13 heavy (non-hydrogen) atoms. The summed E-state index contributed by atoms with van der Waals surface area (Å²) in [7, 11) is 0. The van der Waals surface area contributed by atoms with Crippen LogP contribution in [0.2, 0.25) is 0 Å². The molecular formula is C9H8N2O2. The number of hydrogen-bond acceptors (Lipinski definition) is 3. The molecule has 66 valence electrons. The normalized spacial score (nSPS) is 10.5. The van der Waals surface area contributed by atoms with Gasteiger partial charge in [0.15, 0.2) is 0 Å². The highest BCUT2D eigenvalue weighted by Crippen LogP contribution is 2.05. The smallest absolute Gasteiger partial charge is 0.242 e. The molecule has 0 unspecified atom stereocenters. The Morgan fingerprint density at radius 3 is 2.92 bits per heavy atom. The highest BCUT2D eigenvalue weighted by atomic mass is 16.5. The fourth-order valence-electron chi connectivity index (χ4n) is 1.20. The maximum Gasteiger partial charge on any atom is 0.242 e. The quantitative estimate of drug-likeness (QED) is 0.504. The van der Waals surface area contributed by atoms with Crippen LogP contribution >= 0.6 is 0 Å². The van der Waals surface area contributed by atoms with Gasteiger partial charge in [0.1, 0.15) is 12.1 Å². The number of para-hydroxylation sites is 2. The molecule has 2 aromatic rings. The molecular weight excluding hydrogens is 168 g/mol. The predicted molar refractivity (Wildman–Crippen MR) is 46.6 cm³/mol. The summed E-state index contributed by atoms with van der Waals surface area (Å²) < 4.78 is 0.697. The van der Waals surface area contributed by atoms with Crippen molar-refractivity contribution in [1.82, 2.24) is 4.98 Å². The van der Waals surface area contributed by atoms with Gasteiger partial charge < -0.3 is 10.3 Å². The number of aliphatic hydroxyl groups excluding tert-OH is 1. The van der Waals surface area contributed by atoms with Gasteiger partial charge in [-0.25, -0.2) is 4.98 Å². The summed E-state index contributed by atoms with van der Waals surface area (Å²) in [5, 5.41) is 20.3. The molecule has 0 saturated heterocycles. The number of aromatic nitrogens is 2. The van der Waals surface area contributed by atoms with Crippen molar-refractivity contribution >= 4 is 11.0 Å². The van der Waals surface area contributed by atoms with Crippen LogP contribution in [0.3, 0.4) is 0 Å². The maximum atomic E-state index is 11.5. The Balaban J connectivity index is 2.79. The van der Waals surface area contributed by atoms with Crippen molar-refractivity contribution in [2.24, 2.45) is 0 Å². The van der Waals surface area contributed by atoms with Gasteiger partial charge in [-0.15, -0.1) is 0 Å². The monoisotopic (exact) mass is 176 g/mol. The number of benzene rings is 1. The Kier molecular flexibility index (Phi) is 1.83. The molecule has 0 radical (unpaired) electrons. The van der Waals surface area contributed by atoms with Crippen LogP contribution in [-0.4, -0.2) is 10.1 Å². The highest BCUT2D eigenvalue weighted by molar-refractivity contribution is 5.70. The van der Waals surface area contributed by atoms with Crippen LogP contribution in [0.15, 0.2) is 30.5 Å². The molecule has 0 spiro atoms. The first kappa shape index (κ1) is 7.94. The van der Waals surface area contributed by atoms with Gasteiger partial charge in [0.2, 0.25) is 11.2 Å². The summed E-state index contributed by atoms with van der Waals surface area (Å²) in [5.74, 6) is 0. The second-order valence-electron chi connectivity index (χ2n) is 2.69. The third-order valence-corrected chi connectivity index (χ3v) is 1.88. The van der Waals surface area contributed by atoms with E-state index in [-0.39, 0.29) is 12.3 Å². The van der Waals surface area contributed by atoms with E-state index in [0.717, 1.165) is 0 Å². The Morgan fingerprint density at radius 1 is 1.38 bits per heavy atom. The molecule has 0 bridgehead atoms. The van der Waals surface area contributed by atoms with Gasteiger partial charge in [0.05, 0.1) is 6.20 Å². The summed E-state index contributed by atoms with van der Waals surface area (Å²) in [6.45, 7) is -0.290. The minimum absolute atomic E-state index is 0.263. The van der Waals surface area contributed by atoms with Gasteiger partial charge in [-0.1, -0.05) is 12.1 Å². The van der Waals surface area contributed by atoms with E-state index in [1.165, 1.54) is 6.20 Å². The minimum atomic E-state index is -0.290. The Labute approximate surface area is 74.7 Å². The molecule has 0 atom stereocenters. The Hall–Kier alpha value is -1.68. The predicted octanol–water partition coefficient (Wildman–Crippen LogP) is 0.360. The molecule has 1 aromatic heterocycles. The lowest BCUT2D eigenvalue weighted by atomic mass is 10.3. The van der Waals surface area contributed by atoms with Gasteiger partial charge in [-0.05, 0) is 6.07 Å². The molecule has 1 heterocycles. The average Bonchev–Trinajstić information content (AvgIpc) is 2.19. The van der Waals surface area contributed by atoms with Crippen LogP contribution in [0.1, 0.15) is 5.69 Å². The summed E-state index contributed by atoms with van der Waals surface area (Å²) in [6.07, 6.45) is 1.38. The summed E-state index contributed by atoms with van der Waals surface area (Å²) in [5.41, 5.74) is 1.38. The largest absolute Gasteiger partial charge is 0.618 e. The number of nitrogens with zero attached hydrogens (tertiary/aromatic N) is 2. The van der Waals surface area contributed by atoms with E-state index in [0.29, 0.717) is 15.8 Å². The molecule has 0 amide bonds. The maximum absolute atomic E-state index is 11.5. The molecule has 1 aromatic carbocycles. The zero-order valence-corrected chi connectivity index (χ0v) is 6.84. The molecule has 0 aliphatic rings. The van der Waals surface area contributed by atoms with Crippen molar-refractivity contribution in [3.8, 4) is 0 Å². The fraction of sp³-hybridized carbons (Fsp3) is 0.111. The van der Waals surface area contributed by atoms with Crippen molar-refractivity contribution in [2.45, 2.75) is 6.61 Å². The summed E-state index contributed by atoms with van der Waals surface area (Å²) in [4.78, 5) is 4.03. The standard InChI is InChI=1S/C9H8N2O2/c12-6-7-5-10-8-3-1-2-4-9(8)11(7)13/h1-5,12H,6H2. The Morgan fingerprint density at radius 2 is 2.15 bits per heavy atom. The number of rotatable bonds is 1. The van der Waals surface area contributed by atoms with Crippen LogP contribution < -0.4 is 4.73 Å². The van der Waals surface area contributed by atoms with Gasteiger partial charge in [-0.3, -0.25) is 0 Å². The molecule has 0 aliphatic heterocycles. The molecule has 0 aliphatic carbocycles. The number of fused-ring (bicyclic) bond motifs is 1. The first-order valence-corrected chi connectivity index (χ1v) is 3.90. The third-order valence-electron chi connectivity index (χ3n) is 1.88. The molecule has 4 nitrogen and oxygen atoms in total. The van der Waals surface area contributed by atoms with Crippen LogP contribution in [0.4, 0.5) is 0 Å². The van der Waals surface area contributed by atoms with Crippen LogP contribution in [0, 0.1) is 5.21 Å². The molecule has 2 rings (SSSR count). The average molecular weight is 176 g/mol. The van der Waals surface area contributed by atoms with E-state index in [9.17, 15) is 5.21 Å². The highest BCUT2D eigenvalue weighted by Gasteiger charge is 2.08.